The zero-order valence-corrected chi connectivity index (χ0v) is 10.3. The van der Waals surface area contributed by atoms with E-state index in [1.54, 1.807) is 0 Å². The molecule has 0 unspecified atom stereocenters. The molecule has 0 aromatic heterocycles. The van der Waals surface area contributed by atoms with Gasteiger partial charge in [0, 0.05) is 31.7 Å². The van der Waals surface area contributed by atoms with Crippen molar-refractivity contribution in [1.29, 1.82) is 0 Å². The molecule has 0 spiro atoms. The molecule has 0 bridgehead atoms. The van der Waals surface area contributed by atoms with E-state index in [4.69, 9.17) is 5.11 Å². The molecule has 0 aromatic carbocycles. The molecule has 2 amide bonds. The highest BCUT2D eigenvalue weighted by Crippen LogP contribution is 1.99. The van der Waals surface area contributed by atoms with Gasteiger partial charge in [-0.05, 0) is 12.8 Å². The van der Waals surface area contributed by atoms with Gasteiger partial charge in [-0.2, -0.15) is 12.6 Å². The second-order valence-corrected chi connectivity index (χ2v) is 3.80. The Kier molecular flexibility index (Phi) is 10.3. The normalized spacial score (nSPS) is 9.88. The number of aliphatic hydroxyl groups excluding tert-OH is 1. The molecule has 0 aliphatic heterocycles. The fraction of sp³-hybridized carbons (Fsp3) is 0.800. The number of unbranched alkanes of at least 4 members (excludes halogenated alkanes) is 1. The third-order valence-electron chi connectivity index (χ3n) is 1.93. The Hall–Kier alpha value is -0.750. The number of hydrogen-bond acceptors (Lipinski definition) is 4. The molecule has 0 saturated heterocycles. The van der Waals surface area contributed by atoms with Crippen molar-refractivity contribution in [3.05, 3.63) is 0 Å². The van der Waals surface area contributed by atoms with Crippen molar-refractivity contribution in [3.8, 4) is 0 Å². The third kappa shape index (κ3) is 9.79. The van der Waals surface area contributed by atoms with E-state index in [0.717, 1.165) is 0 Å². The van der Waals surface area contributed by atoms with Gasteiger partial charge in [-0.1, -0.05) is 0 Å². The molecule has 94 valence electrons. The number of carbonyl (C=O) groups excluding carboxylic acids is 2. The fourth-order valence-electron chi connectivity index (χ4n) is 1.14. The first-order chi connectivity index (χ1) is 7.70. The summed E-state index contributed by atoms with van der Waals surface area (Å²) in [5, 5.41) is 13.7. The molecule has 0 aromatic rings. The van der Waals surface area contributed by atoms with E-state index in [-0.39, 0.29) is 18.4 Å². The van der Waals surface area contributed by atoms with Gasteiger partial charge in [-0.15, -0.1) is 0 Å². The van der Waals surface area contributed by atoms with Gasteiger partial charge in [-0.3, -0.25) is 9.59 Å². The van der Waals surface area contributed by atoms with Crippen molar-refractivity contribution >= 4 is 24.4 Å². The molecule has 16 heavy (non-hydrogen) atoms. The molecule has 6 heteroatoms. The van der Waals surface area contributed by atoms with E-state index in [1.807, 2.05) is 0 Å². The van der Waals surface area contributed by atoms with E-state index < -0.39 is 0 Å². The summed E-state index contributed by atoms with van der Waals surface area (Å²) < 4.78 is 0. The van der Waals surface area contributed by atoms with Gasteiger partial charge in [0.1, 0.15) is 0 Å². The lowest BCUT2D eigenvalue weighted by Crippen LogP contribution is -2.26. The summed E-state index contributed by atoms with van der Waals surface area (Å²) >= 11 is 3.98. The Morgan fingerprint density at radius 2 is 1.50 bits per heavy atom. The summed E-state index contributed by atoms with van der Waals surface area (Å²) in [4.78, 5) is 22.2. The van der Waals surface area contributed by atoms with Crippen molar-refractivity contribution in [2.24, 2.45) is 0 Å². The van der Waals surface area contributed by atoms with Crippen LogP contribution in [0, 0.1) is 0 Å². The van der Waals surface area contributed by atoms with Crippen LogP contribution >= 0.6 is 12.6 Å². The summed E-state index contributed by atoms with van der Waals surface area (Å²) in [5.41, 5.74) is 0. The van der Waals surface area contributed by atoms with Crippen LogP contribution in [-0.4, -0.2) is 42.4 Å². The van der Waals surface area contributed by atoms with Crippen molar-refractivity contribution in [3.63, 3.8) is 0 Å². The molecule has 0 fully saturated rings. The van der Waals surface area contributed by atoms with Gasteiger partial charge >= 0.3 is 0 Å². The van der Waals surface area contributed by atoms with E-state index >= 15 is 0 Å². The number of thiol groups is 1. The minimum absolute atomic E-state index is 0.00446. The SMILES string of the molecule is O=C(CCCCC(=O)NCCS)NCCO. The van der Waals surface area contributed by atoms with E-state index in [9.17, 15) is 9.59 Å². The van der Waals surface area contributed by atoms with Gasteiger partial charge < -0.3 is 15.7 Å². The Balaban J connectivity index is 3.31. The van der Waals surface area contributed by atoms with Crippen LogP contribution in [0.5, 0.6) is 0 Å². The number of rotatable bonds is 9. The number of hydrogen-bond donors (Lipinski definition) is 4. The lowest BCUT2D eigenvalue weighted by atomic mass is 10.2. The molecule has 0 heterocycles. The first-order valence-corrected chi connectivity index (χ1v) is 6.09. The maximum Gasteiger partial charge on any atom is 0.220 e. The van der Waals surface area contributed by atoms with Gasteiger partial charge in [0.25, 0.3) is 0 Å². The monoisotopic (exact) mass is 248 g/mol. The average molecular weight is 248 g/mol. The van der Waals surface area contributed by atoms with Crippen LogP contribution < -0.4 is 10.6 Å². The fourth-order valence-corrected chi connectivity index (χ4v) is 1.25. The number of aliphatic hydroxyl groups is 1. The minimum atomic E-state index is -0.0789. The van der Waals surface area contributed by atoms with Crippen molar-refractivity contribution in [1.82, 2.24) is 10.6 Å². The predicted molar refractivity (Wildman–Crippen MR) is 65.4 cm³/mol. The lowest BCUT2D eigenvalue weighted by Gasteiger charge is -2.04. The Bertz CT molecular complexity index is 190. The molecule has 0 radical (unpaired) electrons. The van der Waals surface area contributed by atoms with Gasteiger partial charge in [0.05, 0.1) is 6.61 Å². The van der Waals surface area contributed by atoms with Crippen LogP contribution in [-0.2, 0) is 9.59 Å². The number of carbonyl (C=O) groups is 2. The van der Waals surface area contributed by atoms with Crippen molar-refractivity contribution in [2.45, 2.75) is 25.7 Å². The summed E-state index contributed by atoms with van der Waals surface area (Å²) in [6.45, 7) is 0.831. The molecule has 0 saturated carbocycles. The minimum Gasteiger partial charge on any atom is -0.395 e. The Morgan fingerprint density at radius 3 is 1.94 bits per heavy atom. The van der Waals surface area contributed by atoms with Crippen LogP contribution in [0.25, 0.3) is 0 Å². The maximum absolute atomic E-state index is 11.1. The van der Waals surface area contributed by atoms with Gasteiger partial charge in [0.2, 0.25) is 11.8 Å². The molecule has 3 N–H and O–H groups in total. The highest BCUT2D eigenvalue weighted by molar-refractivity contribution is 7.80. The van der Waals surface area contributed by atoms with Crippen LogP contribution in [0.1, 0.15) is 25.7 Å². The van der Waals surface area contributed by atoms with Crippen LogP contribution in [0.2, 0.25) is 0 Å². The van der Waals surface area contributed by atoms with Crippen LogP contribution in [0.3, 0.4) is 0 Å². The lowest BCUT2D eigenvalue weighted by molar-refractivity contribution is -0.123. The maximum atomic E-state index is 11.1. The highest BCUT2D eigenvalue weighted by Gasteiger charge is 2.02. The van der Waals surface area contributed by atoms with Gasteiger partial charge in [-0.25, -0.2) is 0 Å². The average Bonchev–Trinajstić information content (AvgIpc) is 2.29. The number of amides is 2. The second kappa shape index (κ2) is 10.8. The highest BCUT2D eigenvalue weighted by atomic mass is 32.1. The predicted octanol–water partition coefficient (Wildman–Crippen LogP) is -0.299. The standard InChI is InChI=1S/C10H20N2O3S/c13-7-5-11-9(14)3-1-2-4-10(15)12-6-8-16/h13,16H,1-8H2,(H,11,14)(H,12,15). The quantitative estimate of drug-likeness (QED) is 0.334. The topological polar surface area (TPSA) is 78.4 Å². The first-order valence-electron chi connectivity index (χ1n) is 5.45. The van der Waals surface area contributed by atoms with Gasteiger partial charge in [0.15, 0.2) is 0 Å². The number of nitrogens with one attached hydrogen (secondary N) is 2. The van der Waals surface area contributed by atoms with E-state index in [2.05, 4.69) is 23.3 Å². The molecular formula is C10H20N2O3S. The molecule has 5 nitrogen and oxygen atoms in total. The second-order valence-electron chi connectivity index (χ2n) is 3.35. The largest absolute Gasteiger partial charge is 0.395 e. The summed E-state index contributed by atoms with van der Waals surface area (Å²) in [5.74, 6) is 0.560. The smallest absolute Gasteiger partial charge is 0.220 e. The van der Waals surface area contributed by atoms with Crippen LogP contribution in [0.4, 0.5) is 0 Å². The van der Waals surface area contributed by atoms with E-state index in [0.29, 0.717) is 44.5 Å². The third-order valence-corrected chi connectivity index (χ3v) is 2.15. The molecule has 0 aliphatic rings. The first kappa shape index (κ1) is 15.2. The van der Waals surface area contributed by atoms with E-state index in [1.165, 1.54) is 0 Å². The molecule has 0 atom stereocenters. The van der Waals surface area contributed by atoms with Crippen molar-refractivity contribution < 1.29 is 14.7 Å². The molecular weight excluding hydrogens is 228 g/mol. The zero-order valence-electron chi connectivity index (χ0n) is 9.37. The summed E-state index contributed by atoms with van der Waals surface area (Å²) in [7, 11) is 0. The van der Waals surface area contributed by atoms with Crippen molar-refractivity contribution in [2.75, 3.05) is 25.4 Å². The summed E-state index contributed by atoms with van der Waals surface area (Å²) in [6, 6.07) is 0. The molecule has 0 aliphatic carbocycles. The molecule has 0 rings (SSSR count). The zero-order chi connectivity index (χ0) is 12.2. The van der Waals surface area contributed by atoms with Crippen LogP contribution in [0.15, 0.2) is 0 Å². The Morgan fingerprint density at radius 1 is 1.00 bits per heavy atom. The Labute approximate surface area is 101 Å². The summed E-state index contributed by atoms with van der Waals surface area (Å²) in [6.07, 6.45) is 2.23.